The number of piperidine rings is 1. The smallest absolute Gasteiger partial charge is 0.263 e. The summed E-state index contributed by atoms with van der Waals surface area (Å²) in [4.78, 5) is 13.4. The third-order valence-corrected chi connectivity index (χ3v) is 7.66. The van der Waals surface area contributed by atoms with E-state index in [2.05, 4.69) is 30.3 Å². The molecule has 4 aromatic rings. The van der Waals surface area contributed by atoms with Gasteiger partial charge in [-0.2, -0.15) is 0 Å². The lowest BCUT2D eigenvalue weighted by Crippen LogP contribution is -2.38. The number of nitrogens with one attached hydrogen (secondary N) is 3. The van der Waals surface area contributed by atoms with Crippen LogP contribution in [0.15, 0.2) is 84.0 Å². The van der Waals surface area contributed by atoms with Crippen LogP contribution in [0.3, 0.4) is 0 Å². The highest BCUT2D eigenvalue weighted by atomic mass is 35.5. The highest BCUT2D eigenvalue weighted by molar-refractivity contribution is 7.92. The Bertz CT molecular complexity index is 1480. The van der Waals surface area contributed by atoms with Gasteiger partial charge in [0.1, 0.15) is 10.6 Å². The highest BCUT2D eigenvalue weighted by Gasteiger charge is 2.18. The number of rotatable bonds is 8. The Kier molecular flexibility index (Phi) is 9.01. The second-order valence-corrected chi connectivity index (χ2v) is 10.5. The maximum absolute atomic E-state index is 12.7. The summed E-state index contributed by atoms with van der Waals surface area (Å²) in [5, 5.41) is 6.91. The van der Waals surface area contributed by atoms with Crippen LogP contribution in [-0.4, -0.2) is 42.5 Å². The molecule has 3 N–H and O–H groups in total. The summed E-state index contributed by atoms with van der Waals surface area (Å²) in [7, 11) is -3.83. The van der Waals surface area contributed by atoms with E-state index in [1.807, 2.05) is 12.1 Å². The Hall–Kier alpha value is -3.44. The molecule has 38 heavy (non-hydrogen) atoms. The number of sulfonamides is 1. The topological polar surface area (TPSA) is 118 Å². The molecule has 1 saturated heterocycles. The fourth-order valence-electron chi connectivity index (χ4n) is 3.98. The standard InChI is InChI=1S/C26H25ClN6O3S.ClH/c27-22-7-1-2-8-24(22)37(34,35)33-18-9-11-20(12-10-18)36-25-21(6-4-15-29-25)23-13-16-30-26(32-23)31-19-5-3-14-28-17-19;/h1-2,4,6-13,15-16,19,28,33H,3,5,14,17H2,(H,30,31,32);1H/t19-;/m0./s1. The molecular formula is C26H26Cl2N6O3S. The zero-order chi connectivity index (χ0) is 25.7. The van der Waals surface area contributed by atoms with Gasteiger partial charge in [-0.1, -0.05) is 23.7 Å². The first kappa shape index (κ1) is 27.6. The number of pyridine rings is 1. The molecule has 12 heteroatoms. The van der Waals surface area contributed by atoms with Crippen LogP contribution in [0.1, 0.15) is 12.8 Å². The molecule has 1 fully saturated rings. The number of anilines is 2. The lowest BCUT2D eigenvalue weighted by atomic mass is 10.1. The van der Waals surface area contributed by atoms with E-state index in [9.17, 15) is 8.42 Å². The average Bonchev–Trinajstić information content (AvgIpc) is 2.91. The van der Waals surface area contributed by atoms with E-state index < -0.39 is 10.0 Å². The van der Waals surface area contributed by atoms with Crippen molar-refractivity contribution in [2.75, 3.05) is 23.1 Å². The van der Waals surface area contributed by atoms with Gasteiger partial charge in [0, 0.05) is 30.7 Å². The molecule has 9 nitrogen and oxygen atoms in total. The lowest BCUT2D eigenvalue weighted by molar-refractivity contribution is 0.465. The predicted octanol–water partition coefficient (Wildman–Crippen LogP) is 5.37. The number of hydrogen-bond acceptors (Lipinski definition) is 8. The molecule has 0 unspecified atom stereocenters. The largest absolute Gasteiger partial charge is 0.438 e. The van der Waals surface area contributed by atoms with Crippen LogP contribution in [0.4, 0.5) is 11.6 Å². The third-order valence-electron chi connectivity index (χ3n) is 5.78. The molecule has 0 bridgehead atoms. The number of ether oxygens (including phenoxy) is 1. The van der Waals surface area contributed by atoms with Crippen molar-refractivity contribution < 1.29 is 13.2 Å². The number of halogens is 2. The van der Waals surface area contributed by atoms with E-state index in [1.54, 1.807) is 54.9 Å². The minimum absolute atomic E-state index is 0. The van der Waals surface area contributed by atoms with E-state index in [-0.39, 0.29) is 28.4 Å². The molecule has 2 aromatic carbocycles. The first-order valence-electron chi connectivity index (χ1n) is 11.8. The van der Waals surface area contributed by atoms with Crippen LogP contribution in [0.25, 0.3) is 11.3 Å². The fourth-order valence-corrected chi connectivity index (χ4v) is 5.56. The van der Waals surface area contributed by atoms with Gasteiger partial charge in [0.2, 0.25) is 11.8 Å². The van der Waals surface area contributed by atoms with Gasteiger partial charge in [-0.15, -0.1) is 12.4 Å². The molecule has 0 saturated carbocycles. The molecule has 3 heterocycles. The Morgan fingerprint density at radius 2 is 1.79 bits per heavy atom. The quantitative estimate of drug-likeness (QED) is 0.258. The number of hydrogen-bond donors (Lipinski definition) is 3. The third kappa shape index (κ3) is 6.70. The molecular weight excluding hydrogens is 547 g/mol. The van der Waals surface area contributed by atoms with E-state index in [0.717, 1.165) is 25.9 Å². The second-order valence-electron chi connectivity index (χ2n) is 8.47. The summed E-state index contributed by atoms with van der Waals surface area (Å²) in [6.45, 7) is 1.91. The predicted molar refractivity (Wildman–Crippen MR) is 151 cm³/mol. The summed E-state index contributed by atoms with van der Waals surface area (Å²) in [6.07, 6.45) is 5.52. The fraction of sp³-hybridized carbons (Fsp3) is 0.192. The van der Waals surface area contributed by atoms with E-state index >= 15 is 0 Å². The van der Waals surface area contributed by atoms with Crippen molar-refractivity contribution in [2.24, 2.45) is 0 Å². The van der Waals surface area contributed by atoms with Crippen LogP contribution in [0.5, 0.6) is 11.6 Å². The Morgan fingerprint density at radius 1 is 0.974 bits per heavy atom. The Morgan fingerprint density at radius 3 is 2.55 bits per heavy atom. The summed E-state index contributed by atoms with van der Waals surface area (Å²) >= 11 is 6.05. The number of nitrogens with zero attached hydrogens (tertiary/aromatic N) is 3. The molecule has 1 aliphatic rings. The summed E-state index contributed by atoms with van der Waals surface area (Å²) in [5.74, 6) is 1.41. The summed E-state index contributed by atoms with van der Waals surface area (Å²) in [6, 6.07) is 18.6. The maximum Gasteiger partial charge on any atom is 0.263 e. The van der Waals surface area contributed by atoms with Crippen LogP contribution in [0, 0.1) is 0 Å². The lowest BCUT2D eigenvalue weighted by Gasteiger charge is -2.23. The molecule has 0 aliphatic carbocycles. The van der Waals surface area contributed by atoms with E-state index in [1.165, 1.54) is 12.1 Å². The summed E-state index contributed by atoms with van der Waals surface area (Å²) < 4.78 is 34.0. The maximum atomic E-state index is 12.7. The van der Waals surface area contributed by atoms with Crippen molar-refractivity contribution in [3.63, 3.8) is 0 Å². The Balaban J connectivity index is 0.00000336. The van der Waals surface area contributed by atoms with E-state index in [0.29, 0.717) is 34.5 Å². The van der Waals surface area contributed by atoms with Gasteiger partial charge in [-0.3, -0.25) is 4.72 Å². The van der Waals surface area contributed by atoms with Gasteiger partial charge >= 0.3 is 0 Å². The van der Waals surface area contributed by atoms with Gasteiger partial charge in [0.25, 0.3) is 10.0 Å². The van der Waals surface area contributed by atoms with Crippen LogP contribution >= 0.6 is 24.0 Å². The van der Waals surface area contributed by atoms with Crippen molar-refractivity contribution in [3.8, 4) is 22.9 Å². The average molecular weight is 574 g/mol. The van der Waals surface area contributed by atoms with Gasteiger partial charge < -0.3 is 15.4 Å². The van der Waals surface area contributed by atoms with Crippen molar-refractivity contribution in [1.29, 1.82) is 0 Å². The SMILES string of the molecule is Cl.O=S(=O)(Nc1ccc(Oc2ncccc2-c2ccnc(N[C@H]3CCCNC3)n2)cc1)c1ccccc1Cl. The monoisotopic (exact) mass is 572 g/mol. The van der Waals surface area contributed by atoms with Crippen molar-refractivity contribution in [1.82, 2.24) is 20.3 Å². The molecule has 1 atom stereocenters. The minimum Gasteiger partial charge on any atom is -0.438 e. The molecule has 1 aliphatic heterocycles. The van der Waals surface area contributed by atoms with Gasteiger partial charge in [-0.25, -0.2) is 23.4 Å². The molecule has 0 radical (unpaired) electrons. The first-order chi connectivity index (χ1) is 18.0. The van der Waals surface area contributed by atoms with Crippen LogP contribution < -0.4 is 20.1 Å². The summed E-state index contributed by atoms with van der Waals surface area (Å²) in [5.41, 5.74) is 1.75. The molecule has 0 spiro atoms. The Labute approximate surface area is 232 Å². The van der Waals surface area contributed by atoms with Gasteiger partial charge in [-0.05, 0) is 74.0 Å². The van der Waals surface area contributed by atoms with Crippen LogP contribution in [-0.2, 0) is 10.0 Å². The highest BCUT2D eigenvalue weighted by Crippen LogP contribution is 2.31. The van der Waals surface area contributed by atoms with Crippen LogP contribution in [0.2, 0.25) is 5.02 Å². The van der Waals surface area contributed by atoms with Crippen molar-refractivity contribution in [2.45, 2.75) is 23.8 Å². The number of benzene rings is 2. The molecule has 198 valence electrons. The molecule has 2 aromatic heterocycles. The minimum atomic E-state index is -3.83. The van der Waals surface area contributed by atoms with Gasteiger partial charge in [0.15, 0.2) is 0 Å². The second kappa shape index (κ2) is 12.4. The van der Waals surface area contributed by atoms with Gasteiger partial charge in [0.05, 0.1) is 16.3 Å². The van der Waals surface area contributed by atoms with Crippen molar-refractivity contribution in [3.05, 3.63) is 84.1 Å². The van der Waals surface area contributed by atoms with E-state index in [4.69, 9.17) is 16.3 Å². The zero-order valence-corrected chi connectivity index (χ0v) is 22.6. The normalized spacial score (nSPS) is 15.2. The molecule has 0 amide bonds. The first-order valence-corrected chi connectivity index (χ1v) is 13.6. The molecule has 5 rings (SSSR count). The zero-order valence-electron chi connectivity index (χ0n) is 20.2. The van der Waals surface area contributed by atoms with Crippen molar-refractivity contribution >= 4 is 45.7 Å². The number of aromatic nitrogens is 3.